The highest BCUT2D eigenvalue weighted by Gasteiger charge is 2.35. The predicted octanol–water partition coefficient (Wildman–Crippen LogP) is 6.15. The lowest BCUT2D eigenvalue weighted by atomic mass is 10.1. The third-order valence-corrected chi connectivity index (χ3v) is 7.25. The number of nitrogens with zero attached hydrogens (tertiary/aromatic N) is 1. The van der Waals surface area contributed by atoms with Crippen molar-refractivity contribution in [2.24, 2.45) is 0 Å². The molecule has 0 heterocycles. The van der Waals surface area contributed by atoms with Crippen LogP contribution in [0.15, 0.2) is 71.6 Å². The fraction of sp³-hybridized carbons (Fsp3) is 0.174. The van der Waals surface area contributed by atoms with Gasteiger partial charge in [-0.15, -0.1) is 0 Å². The van der Waals surface area contributed by atoms with Crippen molar-refractivity contribution < 1.29 is 26.4 Å². The number of hydrogen-bond donors (Lipinski definition) is 1. The van der Waals surface area contributed by atoms with Gasteiger partial charge < -0.3 is 5.32 Å². The van der Waals surface area contributed by atoms with Gasteiger partial charge in [0.1, 0.15) is 0 Å². The van der Waals surface area contributed by atoms with Gasteiger partial charge in [0, 0.05) is 16.6 Å². The molecular formula is C23H19Cl2F3N2O3S. The van der Waals surface area contributed by atoms with Gasteiger partial charge >= 0.3 is 6.18 Å². The van der Waals surface area contributed by atoms with Crippen molar-refractivity contribution in [3.8, 4) is 0 Å². The van der Waals surface area contributed by atoms with E-state index in [0.29, 0.717) is 11.6 Å². The summed E-state index contributed by atoms with van der Waals surface area (Å²) in [6, 6.07) is 15.3. The molecule has 0 aliphatic heterocycles. The van der Waals surface area contributed by atoms with Crippen molar-refractivity contribution in [3.63, 3.8) is 0 Å². The Morgan fingerprint density at radius 2 is 1.65 bits per heavy atom. The van der Waals surface area contributed by atoms with E-state index in [-0.39, 0.29) is 21.5 Å². The molecule has 3 aromatic carbocycles. The zero-order chi connectivity index (χ0) is 25.1. The Labute approximate surface area is 205 Å². The van der Waals surface area contributed by atoms with Gasteiger partial charge in [-0.1, -0.05) is 59.1 Å². The summed E-state index contributed by atoms with van der Waals surface area (Å²) in [5.41, 5.74) is -0.424. The monoisotopic (exact) mass is 530 g/mol. The van der Waals surface area contributed by atoms with Crippen LogP contribution in [0.2, 0.25) is 10.0 Å². The SMILES string of the molecule is Cc1ccc(S(=O)(=O)N(CC(=O)Nc2ccc(Cl)cc2C(F)(F)F)Cc2ccccc2Cl)cc1. The topological polar surface area (TPSA) is 66.5 Å². The molecular weight excluding hydrogens is 512 g/mol. The number of carbonyl (C=O) groups excluding carboxylic acids is 1. The minimum atomic E-state index is -4.78. The van der Waals surface area contributed by atoms with Crippen LogP contribution in [0.25, 0.3) is 0 Å². The summed E-state index contributed by atoms with van der Waals surface area (Å²) in [7, 11) is -4.19. The van der Waals surface area contributed by atoms with Crippen LogP contribution < -0.4 is 5.32 Å². The van der Waals surface area contributed by atoms with Crippen LogP contribution in [0.5, 0.6) is 0 Å². The molecule has 0 aromatic heterocycles. The van der Waals surface area contributed by atoms with Crippen LogP contribution >= 0.6 is 23.2 Å². The maximum atomic E-state index is 13.4. The lowest BCUT2D eigenvalue weighted by molar-refractivity contribution is -0.137. The second-order valence-corrected chi connectivity index (χ2v) is 10.2. The normalized spacial score (nSPS) is 12.1. The molecule has 1 amide bonds. The summed E-state index contributed by atoms with van der Waals surface area (Å²) in [6.07, 6.45) is -4.78. The number of sulfonamides is 1. The summed E-state index contributed by atoms with van der Waals surface area (Å²) in [4.78, 5) is 12.7. The van der Waals surface area contributed by atoms with Gasteiger partial charge in [0.05, 0.1) is 22.7 Å². The molecule has 0 spiro atoms. The minimum absolute atomic E-state index is 0.0690. The fourth-order valence-electron chi connectivity index (χ4n) is 3.11. The maximum absolute atomic E-state index is 13.4. The number of carbonyl (C=O) groups is 1. The molecule has 0 atom stereocenters. The van der Waals surface area contributed by atoms with E-state index >= 15 is 0 Å². The Hall–Kier alpha value is -2.59. The van der Waals surface area contributed by atoms with Crippen molar-refractivity contribution >= 4 is 44.8 Å². The van der Waals surface area contributed by atoms with Gasteiger partial charge in [0.15, 0.2) is 0 Å². The molecule has 0 aliphatic carbocycles. The van der Waals surface area contributed by atoms with Crippen LogP contribution in [0, 0.1) is 6.92 Å². The third kappa shape index (κ3) is 6.29. The zero-order valence-corrected chi connectivity index (χ0v) is 20.1. The van der Waals surface area contributed by atoms with E-state index in [1.165, 1.54) is 18.2 Å². The zero-order valence-electron chi connectivity index (χ0n) is 17.7. The van der Waals surface area contributed by atoms with E-state index < -0.39 is 39.9 Å². The molecule has 5 nitrogen and oxygen atoms in total. The van der Waals surface area contributed by atoms with Crippen molar-refractivity contribution in [1.82, 2.24) is 4.31 Å². The first kappa shape index (κ1) is 26.0. The van der Waals surface area contributed by atoms with Crippen LogP contribution in [-0.2, 0) is 27.5 Å². The molecule has 11 heteroatoms. The van der Waals surface area contributed by atoms with Gasteiger partial charge in [-0.2, -0.15) is 17.5 Å². The van der Waals surface area contributed by atoms with Gasteiger partial charge in [-0.3, -0.25) is 4.79 Å². The van der Waals surface area contributed by atoms with E-state index in [0.717, 1.165) is 15.9 Å². The lowest BCUT2D eigenvalue weighted by Crippen LogP contribution is -2.38. The number of nitrogens with one attached hydrogen (secondary N) is 1. The van der Waals surface area contributed by atoms with E-state index in [9.17, 15) is 26.4 Å². The second kappa shape index (κ2) is 10.4. The number of anilines is 1. The summed E-state index contributed by atoms with van der Waals surface area (Å²) in [5.74, 6) is -0.962. The molecule has 0 fully saturated rings. The number of aryl methyl sites for hydroxylation is 1. The highest BCUT2D eigenvalue weighted by molar-refractivity contribution is 7.89. The van der Waals surface area contributed by atoms with Crippen LogP contribution in [0.1, 0.15) is 16.7 Å². The van der Waals surface area contributed by atoms with Crippen molar-refractivity contribution in [2.45, 2.75) is 24.5 Å². The summed E-state index contributed by atoms with van der Waals surface area (Å²) in [6.45, 7) is 0.771. The van der Waals surface area contributed by atoms with Gasteiger partial charge in [-0.25, -0.2) is 8.42 Å². The smallest absolute Gasteiger partial charge is 0.324 e. The fourth-order valence-corrected chi connectivity index (χ4v) is 4.85. The number of alkyl halides is 3. The second-order valence-electron chi connectivity index (χ2n) is 7.41. The molecule has 0 saturated heterocycles. The highest BCUT2D eigenvalue weighted by atomic mass is 35.5. The number of benzene rings is 3. The average Bonchev–Trinajstić information content (AvgIpc) is 2.75. The molecule has 0 saturated carbocycles. The quantitative estimate of drug-likeness (QED) is 0.398. The molecule has 3 aromatic rings. The maximum Gasteiger partial charge on any atom is 0.418 e. The first-order valence-corrected chi connectivity index (χ1v) is 12.0. The van der Waals surface area contributed by atoms with Crippen molar-refractivity contribution in [2.75, 3.05) is 11.9 Å². The van der Waals surface area contributed by atoms with E-state index in [1.807, 2.05) is 0 Å². The minimum Gasteiger partial charge on any atom is -0.324 e. The average molecular weight is 531 g/mol. The molecule has 0 bridgehead atoms. The molecule has 34 heavy (non-hydrogen) atoms. The van der Waals surface area contributed by atoms with Crippen molar-refractivity contribution in [3.05, 3.63) is 93.5 Å². The Kier molecular flexibility index (Phi) is 7.92. The number of rotatable bonds is 7. The standard InChI is InChI=1S/C23H19Cl2F3N2O3S/c1-15-6-9-18(10-7-15)34(32,33)30(13-16-4-2-3-5-20(16)25)14-22(31)29-21-11-8-17(24)12-19(21)23(26,27)28/h2-12H,13-14H2,1H3,(H,29,31). The largest absolute Gasteiger partial charge is 0.418 e. The molecule has 0 unspecified atom stereocenters. The van der Waals surface area contributed by atoms with Crippen LogP contribution in [0.4, 0.5) is 18.9 Å². The number of halogens is 5. The van der Waals surface area contributed by atoms with E-state index in [1.54, 1.807) is 43.3 Å². The van der Waals surface area contributed by atoms with Crippen LogP contribution in [-0.4, -0.2) is 25.2 Å². The number of hydrogen-bond acceptors (Lipinski definition) is 3. The van der Waals surface area contributed by atoms with Crippen molar-refractivity contribution in [1.29, 1.82) is 0 Å². The predicted molar refractivity (Wildman–Crippen MR) is 125 cm³/mol. The molecule has 3 rings (SSSR count). The van der Waals surface area contributed by atoms with E-state index in [2.05, 4.69) is 5.32 Å². The van der Waals surface area contributed by atoms with Gasteiger partial charge in [0.25, 0.3) is 0 Å². The van der Waals surface area contributed by atoms with Gasteiger partial charge in [0.2, 0.25) is 15.9 Å². The van der Waals surface area contributed by atoms with Crippen LogP contribution in [0.3, 0.4) is 0 Å². The molecule has 0 radical (unpaired) electrons. The lowest BCUT2D eigenvalue weighted by Gasteiger charge is -2.23. The first-order chi connectivity index (χ1) is 15.9. The Morgan fingerprint density at radius 3 is 2.26 bits per heavy atom. The summed E-state index contributed by atoms with van der Waals surface area (Å²) >= 11 is 11.9. The first-order valence-electron chi connectivity index (χ1n) is 9.85. The molecule has 180 valence electrons. The summed E-state index contributed by atoms with van der Waals surface area (Å²) in [5, 5.41) is 2.27. The van der Waals surface area contributed by atoms with Gasteiger partial charge in [-0.05, 0) is 48.9 Å². The molecule has 1 N–H and O–H groups in total. The highest BCUT2D eigenvalue weighted by Crippen LogP contribution is 2.36. The molecule has 0 aliphatic rings. The Bertz CT molecular complexity index is 1300. The Morgan fingerprint density at radius 1 is 1.00 bits per heavy atom. The third-order valence-electron chi connectivity index (χ3n) is 4.84. The number of amides is 1. The summed E-state index contributed by atoms with van der Waals surface area (Å²) < 4.78 is 67.7. The Balaban J connectivity index is 1.94. The van der Waals surface area contributed by atoms with E-state index in [4.69, 9.17) is 23.2 Å².